The molecule has 1 aliphatic heterocycles. The van der Waals surface area contributed by atoms with Gasteiger partial charge in [-0.3, -0.25) is 4.79 Å². The van der Waals surface area contributed by atoms with Gasteiger partial charge in [-0.05, 0) is 52.2 Å². The van der Waals surface area contributed by atoms with Crippen molar-refractivity contribution in [3.63, 3.8) is 0 Å². The van der Waals surface area contributed by atoms with Crippen LogP contribution in [-0.4, -0.2) is 26.2 Å². The summed E-state index contributed by atoms with van der Waals surface area (Å²) in [6.45, 7) is 6.11. The summed E-state index contributed by atoms with van der Waals surface area (Å²) in [4.78, 5) is 12.8. The molecule has 2 aromatic rings. The number of hydrogen-bond acceptors (Lipinski definition) is 6. The molecule has 4 N–H and O–H groups in total. The first kappa shape index (κ1) is 22.3. The standard InChI is InChI=1S/C25H28O6/c1-14(2)5-4-6-15(3)7-8-19-20(28)12-21(29)24-22(30)13-23(31-25(19)24)16-9-17(26)11-18(27)10-16/h5,7,9-12,23,26-29H,4,6,8,13H2,1-3H3/b15-7+/t23-/m0/s1. The van der Waals surface area contributed by atoms with Crippen molar-refractivity contribution in [3.05, 3.63) is 64.3 Å². The number of carbonyl (C=O) groups is 1. The van der Waals surface area contributed by atoms with E-state index in [1.54, 1.807) is 0 Å². The fourth-order valence-electron chi connectivity index (χ4n) is 3.68. The van der Waals surface area contributed by atoms with E-state index in [2.05, 4.69) is 19.9 Å². The first-order valence-electron chi connectivity index (χ1n) is 10.2. The average Bonchev–Trinajstić information content (AvgIpc) is 2.66. The first-order chi connectivity index (χ1) is 14.7. The Bertz CT molecular complexity index is 1040. The van der Waals surface area contributed by atoms with E-state index in [9.17, 15) is 25.2 Å². The van der Waals surface area contributed by atoms with Gasteiger partial charge in [0.1, 0.15) is 40.4 Å². The molecule has 0 spiro atoms. The molecule has 1 atom stereocenters. The van der Waals surface area contributed by atoms with Crippen LogP contribution in [-0.2, 0) is 6.42 Å². The highest BCUT2D eigenvalue weighted by molar-refractivity contribution is 6.03. The molecule has 1 aliphatic rings. The molecule has 0 radical (unpaired) electrons. The molecule has 2 aromatic carbocycles. The molecule has 0 bridgehead atoms. The lowest BCUT2D eigenvalue weighted by Crippen LogP contribution is -2.21. The molecule has 0 fully saturated rings. The van der Waals surface area contributed by atoms with Crippen LogP contribution >= 0.6 is 0 Å². The lowest BCUT2D eigenvalue weighted by atomic mass is 9.92. The summed E-state index contributed by atoms with van der Waals surface area (Å²) in [5.74, 6) is -0.983. The van der Waals surface area contributed by atoms with E-state index in [4.69, 9.17) is 4.74 Å². The highest BCUT2D eigenvalue weighted by Gasteiger charge is 2.33. The summed E-state index contributed by atoms with van der Waals surface area (Å²) in [5, 5.41) is 40.3. The van der Waals surface area contributed by atoms with E-state index >= 15 is 0 Å². The Morgan fingerprint density at radius 3 is 2.32 bits per heavy atom. The Balaban J connectivity index is 1.94. The minimum Gasteiger partial charge on any atom is -0.508 e. The monoisotopic (exact) mass is 424 g/mol. The quantitative estimate of drug-likeness (QED) is 0.459. The number of fused-ring (bicyclic) bond motifs is 1. The van der Waals surface area contributed by atoms with Crippen LogP contribution in [0.25, 0.3) is 0 Å². The van der Waals surface area contributed by atoms with Crippen molar-refractivity contribution in [2.45, 2.75) is 52.6 Å². The topological polar surface area (TPSA) is 107 Å². The maximum Gasteiger partial charge on any atom is 0.174 e. The van der Waals surface area contributed by atoms with E-state index in [0.29, 0.717) is 17.5 Å². The number of aromatic hydroxyl groups is 4. The normalized spacial score (nSPS) is 15.9. The number of rotatable bonds is 6. The van der Waals surface area contributed by atoms with Gasteiger partial charge >= 0.3 is 0 Å². The molecule has 31 heavy (non-hydrogen) atoms. The highest BCUT2D eigenvalue weighted by atomic mass is 16.5. The zero-order valence-electron chi connectivity index (χ0n) is 18.0. The molecule has 0 aliphatic carbocycles. The van der Waals surface area contributed by atoms with Crippen LogP contribution in [0.4, 0.5) is 0 Å². The molecular weight excluding hydrogens is 396 g/mol. The van der Waals surface area contributed by atoms with E-state index in [1.165, 1.54) is 29.8 Å². The molecule has 6 nitrogen and oxygen atoms in total. The van der Waals surface area contributed by atoms with Crippen molar-refractivity contribution in [2.75, 3.05) is 0 Å². The summed E-state index contributed by atoms with van der Waals surface area (Å²) in [7, 11) is 0. The van der Waals surface area contributed by atoms with E-state index in [0.717, 1.165) is 18.4 Å². The number of allylic oxidation sites excluding steroid dienone is 4. The number of carbonyl (C=O) groups excluding carboxylic acids is 1. The fraction of sp³-hybridized carbons (Fsp3) is 0.320. The fourth-order valence-corrected chi connectivity index (χ4v) is 3.68. The summed E-state index contributed by atoms with van der Waals surface area (Å²) < 4.78 is 6.03. The second-order valence-electron chi connectivity index (χ2n) is 8.19. The molecule has 0 saturated heterocycles. The zero-order valence-corrected chi connectivity index (χ0v) is 18.0. The third kappa shape index (κ3) is 5.20. The highest BCUT2D eigenvalue weighted by Crippen LogP contribution is 2.46. The molecule has 6 heteroatoms. The molecule has 0 aromatic heterocycles. The lowest BCUT2D eigenvalue weighted by Gasteiger charge is -2.28. The minimum atomic E-state index is -0.763. The predicted molar refractivity (Wildman–Crippen MR) is 118 cm³/mol. The maximum atomic E-state index is 12.8. The molecule has 0 amide bonds. The summed E-state index contributed by atoms with van der Waals surface area (Å²) in [6.07, 6.45) is 5.43. The predicted octanol–water partition coefficient (Wildman–Crippen LogP) is 5.45. The second kappa shape index (κ2) is 9.16. The van der Waals surface area contributed by atoms with Crippen LogP contribution in [0.3, 0.4) is 0 Å². The van der Waals surface area contributed by atoms with Crippen molar-refractivity contribution in [2.24, 2.45) is 0 Å². The Hall–Kier alpha value is -3.41. The number of ketones is 1. The molecule has 0 saturated carbocycles. The van der Waals surface area contributed by atoms with Gasteiger partial charge in [-0.15, -0.1) is 0 Å². The Morgan fingerprint density at radius 2 is 1.68 bits per heavy atom. The first-order valence-corrected chi connectivity index (χ1v) is 10.2. The van der Waals surface area contributed by atoms with Crippen molar-refractivity contribution < 1.29 is 30.0 Å². The largest absolute Gasteiger partial charge is 0.508 e. The van der Waals surface area contributed by atoms with Crippen molar-refractivity contribution in [1.29, 1.82) is 0 Å². The number of phenolic OH excluding ortho intramolecular Hbond substituents is 4. The second-order valence-corrected chi connectivity index (χ2v) is 8.19. The zero-order chi connectivity index (χ0) is 22.7. The molecular formula is C25H28O6. The molecule has 1 heterocycles. The van der Waals surface area contributed by atoms with E-state index < -0.39 is 6.10 Å². The number of hydrogen-bond donors (Lipinski definition) is 4. The molecule has 3 rings (SSSR count). The van der Waals surface area contributed by atoms with Gasteiger partial charge in [0.25, 0.3) is 0 Å². The van der Waals surface area contributed by atoms with Crippen LogP contribution in [0.1, 0.15) is 67.6 Å². The van der Waals surface area contributed by atoms with Gasteiger partial charge in [-0.2, -0.15) is 0 Å². The van der Waals surface area contributed by atoms with Crippen LogP contribution in [0.15, 0.2) is 47.6 Å². The summed E-state index contributed by atoms with van der Waals surface area (Å²) in [6, 6.07) is 5.19. The Morgan fingerprint density at radius 1 is 1.00 bits per heavy atom. The Labute approximate surface area is 181 Å². The number of phenols is 4. The van der Waals surface area contributed by atoms with Crippen LogP contribution in [0, 0.1) is 0 Å². The van der Waals surface area contributed by atoms with Crippen LogP contribution in [0.2, 0.25) is 0 Å². The van der Waals surface area contributed by atoms with Gasteiger partial charge in [0.2, 0.25) is 0 Å². The SMILES string of the molecule is CC(C)=CCC/C(C)=C/Cc1c(O)cc(O)c2c1O[C@H](c1cc(O)cc(O)c1)CC2=O. The van der Waals surface area contributed by atoms with Crippen molar-refractivity contribution in [1.82, 2.24) is 0 Å². The third-order valence-corrected chi connectivity index (χ3v) is 5.29. The Kier molecular flexibility index (Phi) is 6.59. The van der Waals surface area contributed by atoms with Gasteiger partial charge in [0, 0.05) is 23.3 Å². The van der Waals surface area contributed by atoms with Gasteiger partial charge in [0.05, 0.1) is 6.42 Å². The lowest BCUT2D eigenvalue weighted by molar-refractivity contribution is 0.0841. The smallest absolute Gasteiger partial charge is 0.174 e. The van der Waals surface area contributed by atoms with Crippen molar-refractivity contribution in [3.8, 4) is 28.7 Å². The minimum absolute atomic E-state index is 0.0454. The number of Topliss-reactive ketones (excluding diaryl/α,β-unsaturated/α-hetero) is 1. The molecule has 0 unspecified atom stereocenters. The van der Waals surface area contributed by atoms with E-state index in [1.807, 2.05) is 13.0 Å². The molecule has 164 valence electrons. The maximum absolute atomic E-state index is 12.8. The van der Waals surface area contributed by atoms with Gasteiger partial charge < -0.3 is 25.2 Å². The van der Waals surface area contributed by atoms with E-state index in [-0.39, 0.29) is 46.5 Å². The number of ether oxygens (including phenoxy) is 1. The van der Waals surface area contributed by atoms with Crippen LogP contribution < -0.4 is 4.74 Å². The van der Waals surface area contributed by atoms with Gasteiger partial charge in [-0.25, -0.2) is 0 Å². The summed E-state index contributed by atoms with van der Waals surface area (Å²) in [5.41, 5.74) is 3.28. The van der Waals surface area contributed by atoms with Crippen LogP contribution in [0.5, 0.6) is 28.7 Å². The van der Waals surface area contributed by atoms with Gasteiger partial charge in [-0.1, -0.05) is 23.3 Å². The van der Waals surface area contributed by atoms with Gasteiger partial charge in [0.15, 0.2) is 5.78 Å². The average molecular weight is 424 g/mol. The van der Waals surface area contributed by atoms with Crippen molar-refractivity contribution >= 4 is 5.78 Å². The third-order valence-electron chi connectivity index (χ3n) is 5.29. The summed E-state index contributed by atoms with van der Waals surface area (Å²) >= 11 is 0. The number of benzene rings is 2.